The lowest BCUT2D eigenvalue weighted by molar-refractivity contribution is -0.168. The zero-order valence-electron chi connectivity index (χ0n) is 29.8. The highest BCUT2D eigenvalue weighted by Crippen LogP contribution is 2.31. The van der Waals surface area contributed by atoms with Gasteiger partial charge in [-0.3, -0.25) is 9.59 Å². The van der Waals surface area contributed by atoms with Crippen LogP contribution in [-0.4, -0.2) is 115 Å². The Labute approximate surface area is 300 Å². The van der Waals surface area contributed by atoms with E-state index < -0.39 is 59.6 Å². The second-order valence-corrected chi connectivity index (χ2v) is 15.0. The molecule has 0 bridgehead atoms. The predicted molar refractivity (Wildman–Crippen MR) is 190 cm³/mol. The molecule has 274 valence electrons. The molecule has 0 spiro atoms. The lowest BCUT2D eigenvalue weighted by Crippen LogP contribution is -2.50. The van der Waals surface area contributed by atoms with Crippen molar-refractivity contribution in [3.63, 3.8) is 0 Å². The van der Waals surface area contributed by atoms with Crippen LogP contribution in [0.25, 0.3) is 0 Å². The second kappa shape index (κ2) is 19.4. The van der Waals surface area contributed by atoms with Crippen LogP contribution < -0.4 is 0 Å². The largest absolute Gasteiger partial charge is 0.457 e. The van der Waals surface area contributed by atoms with Gasteiger partial charge in [-0.2, -0.15) is 0 Å². The van der Waals surface area contributed by atoms with E-state index in [2.05, 4.69) is 26.0 Å². The number of piperazine rings is 1. The second-order valence-electron chi connectivity index (χ2n) is 13.6. The Morgan fingerprint density at radius 2 is 1.85 bits per heavy atom. The third-order valence-corrected chi connectivity index (χ3v) is 9.73. The molecule has 0 radical (unpaired) electrons. The molecule has 2 aliphatic rings. The summed E-state index contributed by atoms with van der Waals surface area (Å²) in [7, 11) is 0. The Morgan fingerprint density at radius 1 is 1.21 bits per heavy atom. The van der Waals surface area contributed by atoms with Gasteiger partial charge in [0, 0.05) is 68.3 Å². The van der Waals surface area contributed by atoms with Crippen LogP contribution in [0.4, 0.5) is 4.79 Å². The molecular formula is C35H57IN2O10. The van der Waals surface area contributed by atoms with Gasteiger partial charge in [0.15, 0.2) is 6.10 Å². The molecule has 0 aliphatic carbocycles. The van der Waals surface area contributed by atoms with Crippen LogP contribution in [0.3, 0.4) is 0 Å². The van der Waals surface area contributed by atoms with Gasteiger partial charge in [-0.15, -0.1) is 0 Å². The van der Waals surface area contributed by atoms with Crippen LogP contribution in [-0.2, 0) is 28.5 Å². The van der Waals surface area contributed by atoms with Crippen LogP contribution in [0.2, 0.25) is 0 Å². The number of carbonyl (C=O) groups is 3. The van der Waals surface area contributed by atoms with E-state index in [-0.39, 0.29) is 31.5 Å². The van der Waals surface area contributed by atoms with Crippen molar-refractivity contribution in [1.82, 2.24) is 8.01 Å². The summed E-state index contributed by atoms with van der Waals surface area (Å²) in [4.78, 5) is 40.1. The Bertz CT molecular complexity index is 1150. The maximum Gasteiger partial charge on any atom is 0.410 e. The number of hydrogen-bond donors (Lipinski definition) is 3. The number of aliphatic hydroxyl groups is 3. The van der Waals surface area contributed by atoms with Crippen molar-refractivity contribution < 1.29 is 48.7 Å². The number of amides is 1. The first-order valence-corrected chi connectivity index (χ1v) is 17.9. The quantitative estimate of drug-likeness (QED) is 0.0670. The lowest BCUT2D eigenvalue weighted by Gasteiger charge is -2.38. The van der Waals surface area contributed by atoms with Gasteiger partial charge in [-0.25, -0.2) is 7.91 Å². The lowest BCUT2D eigenvalue weighted by atomic mass is 9.88. The molecule has 3 N–H and O–H groups in total. The fourth-order valence-electron chi connectivity index (χ4n) is 5.91. The summed E-state index contributed by atoms with van der Waals surface area (Å²) in [6, 6.07) is 0. The van der Waals surface area contributed by atoms with Gasteiger partial charge in [0.25, 0.3) is 0 Å². The van der Waals surface area contributed by atoms with E-state index >= 15 is 0 Å². The minimum absolute atomic E-state index is 0.0967. The summed E-state index contributed by atoms with van der Waals surface area (Å²) in [6.45, 7) is 16.2. The van der Waals surface area contributed by atoms with Gasteiger partial charge in [-0.1, -0.05) is 38.2 Å². The average Bonchev–Trinajstić information content (AvgIpc) is 2.99. The van der Waals surface area contributed by atoms with E-state index in [1.54, 1.807) is 63.0 Å². The molecule has 0 saturated carbocycles. The Kier molecular flexibility index (Phi) is 17.0. The van der Waals surface area contributed by atoms with Gasteiger partial charge >= 0.3 is 18.0 Å². The first kappa shape index (κ1) is 42.1. The molecule has 2 aliphatic heterocycles. The van der Waals surface area contributed by atoms with Crippen LogP contribution in [0, 0.1) is 5.92 Å². The van der Waals surface area contributed by atoms with Gasteiger partial charge in [0.05, 0.1) is 36.4 Å². The summed E-state index contributed by atoms with van der Waals surface area (Å²) < 4.78 is 25.6. The molecule has 12 nitrogen and oxygen atoms in total. The third kappa shape index (κ3) is 14.1. The van der Waals surface area contributed by atoms with Crippen LogP contribution in [0.1, 0.15) is 87.5 Å². The van der Waals surface area contributed by atoms with Crippen molar-refractivity contribution in [3.05, 3.63) is 36.0 Å². The Morgan fingerprint density at radius 3 is 2.46 bits per heavy atom. The van der Waals surface area contributed by atoms with E-state index in [9.17, 15) is 29.7 Å². The van der Waals surface area contributed by atoms with E-state index in [0.717, 1.165) is 0 Å². The predicted octanol–water partition coefficient (Wildman–Crippen LogP) is 4.64. The fourth-order valence-corrected chi connectivity index (χ4v) is 6.35. The summed E-state index contributed by atoms with van der Waals surface area (Å²) in [6.07, 6.45) is 4.75. The number of rotatable bonds is 11. The molecular weight excluding hydrogens is 735 g/mol. The van der Waals surface area contributed by atoms with E-state index in [1.807, 2.05) is 20.8 Å². The molecule has 1 saturated heterocycles. The van der Waals surface area contributed by atoms with Gasteiger partial charge < -0.3 is 39.2 Å². The smallest absolute Gasteiger partial charge is 0.410 e. The summed E-state index contributed by atoms with van der Waals surface area (Å²) in [5.41, 5.74) is -1.85. The average molecular weight is 793 g/mol. The van der Waals surface area contributed by atoms with Crippen molar-refractivity contribution in [3.8, 4) is 0 Å². The topological polar surface area (TPSA) is 155 Å². The van der Waals surface area contributed by atoms with Crippen molar-refractivity contribution in [1.29, 1.82) is 0 Å². The van der Waals surface area contributed by atoms with Crippen LogP contribution >= 0.6 is 22.9 Å². The zero-order valence-corrected chi connectivity index (χ0v) is 31.9. The highest BCUT2D eigenvalue weighted by molar-refractivity contribution is 14.1. The molecule has 9 atom stereocenters. The summed E-state index contributed by atoms with van der Waals surface area (Å²) in [5.74, 6) is -1.56. The van der Waals surface area contributed by atoms with Crippen LogP contribution in [0.5, 0.6) is 0 Å². The number of ether oxygens (including phenoxy) is 4. The van der Waals surface area contributed by atoms with Gasteiger partial charge in [0.2, 0.25) is 0 Å². The first-order chi connectivity index (χ1) is 22.4. The number of esters is 2. The molecule has 2 rings (SSSR count). The van der Waals surface area contributed by atoms with Crippen molar-refractivity contribution in [2.75, 3.05) is 26.2 Å². The highest BCUT2D eigenvalue weighted by atomic mass is 127. The number of carbonyl (C=O) groups excluding carboxylic acids is 3. The standard InChI is InChI=1S/C35H57IN2O10/c1-9-29(41)26(5)45-25(4)22-34(7,44)15-10-11-23(2)32-24(3)12-13-30(46-33(43)37-17-19-38(36)20-18-37)35(8,48-27(6)39)16-14-28(40)21-31(42)47-32/h10-13,15,24-26,28-30,32,40-41,44H,9,14,16-22H2,1-8H3/b13-12+,15-10+,23-11+/t24-,25-,26?,28+,29-,30-,32+,34-,35+/m0/s1. The molecule has 1 unspecified atom stereocenters. The normalized spacial score (nSPS) is 30.6. The third-order valence-electron chi connectivity index (χ3n) is 8.76. The number of hydrogen-bond acceptors (Lipinski definition) is 11. The summed E-state index contributed by atoms with van der Waals surface area (Å²) in [5, 5.41) is 31.8. The zero-order chi connectivity index (χ0) is 36.2. The molecule has 1 amide bonds. The van der Waals surface area contributed by atoms with Crippen molar-refractivity contribution in [2.24, 2.45) is 5.92 Å². The molecule has 2 heterocycles. The molecule has 1 fully saturated rings. The maximum absolute atomic E-state index is 13.3. The molecule has 48 heavy (non-hydrogen) atoms. The fraction of sp³-hybridized carbons (Fsp3) is 0.743. The minimum atomic E-state index is -1.31. The van der Waals surface area contributed by atoms with Crippen LogP contribution in [0.15, 0.2) is 36.0 Å². The van der Waals surface area contributed by atoms with E-state index in [4.69, 9.17) is 18.9 Å². The number of nitrogens with zero attached hydrogens (tertiary/aromatic N) is 2. The molecule has 0 aromatic rings. The minimum Gasteiger partial charge on any atom is -0.457 e. The Hall–Kier alpha value is -2.04. The number of aliphatic hydroxyl groups excluding tert-OH is 2. The SMILES string of the molecule is CC[C@H](O)C(C)O[C@@H](C)C[C@@](C)(O)/C=C/C=C(\C)[C@H]1OC(=O)C[C@H](O)CC[C@@](C)(OC(C)=O)[C@@H](OC(=O)N2CCN(I)CC2)/C=C/[C@@H]1C. The summed E-state index contributed by atoms with van der Waals surface area (Å²) >= 11 is 2.22. The van der Waals surface area contributed by atoms with Gasteiger partial charge in [-0.05, 0) is 65.5 Å². The number of halogens is 1. The Balaban J connectivity index is 2.34. The first-order valence-electron chi connectivity index (χ1n) is 16.9. The number of cyclic esters (lactones) is 1. The highest BCUT2D eigenvalue weighted by Gasteiger charge is 2.41. The van der Waals surface area contributed by atoms with Crippen molar-refractivity contribution in [2.45, 2.75) is 135 Å². The molecule has 0 aromatic carbocycles. The van der Waals surface area contributed by atoms with Gasteiger partial charge in [0.1, 0.15) is 11.7 Å². The molecule has 0 aromatic heterocycles. The van der Waals surface area contributed by atoms with E-state index in [0.29, 0.717) is 44.6 Å². The monoisotopic (exact) mass is 792 g/mol. The number of allylic oxidation sites excluding steroid dienone is 2. The molecule has 13 heteroatoms. The maximum atomic E-state index is 13.3. The van der Waals surface area contributed by atoms with E-state index in [1.165, 1.54) is 6.92 Å². The van der Waals surface area contributed by atoms with Crippen molar-refractivity contribution >= 4 is 40.9 Å².